The van der Waals surface area contributed by atoms with Gasteiger partial charge >= 0.3 is 0 Å². The Morgan fingerprint density at radius 1 is 0.765 bits per heavy atom. The van der Waals surface area contributed by atoms with Crippen LogP contribution in [0.4, 0.5) is 8.78 Å². The minimum atomic E-state index is -1.13. The summed E-state index contributed by atoms with van der Waals surface area (Å²) in [5, 5.41) is 0. The Morgan fingerprint density at radius 2 is 1.38 bits per heavy atom. The summed E-state index contributed by atoms with van der Waals surface area (Å²) in [5.41, 5.74) is 1.30. The standard InChI is InChI=1S/C31H54F2O/c1-4-6-7-8-9-23(3)34-29-27(32)21-25(22-28(29)33)24-10-12-26(13-11-24)31-18-15-30(14-5-2,16-19-31)17-20-31/h23-29H,4-22H2,1-3H3. The van der Waals surface area contributed by atoms with E-state index >= 15 is 8.78 Å². The van der Waals surface area contributed by atoms with E-state index in [1.165, 1.54) is 96.3 Å². The second kappa shape index (κ2) is 11.9. The van der Waals surface area contributed by atoms with Crippen LogP contribution < -0.4 is 0 Å². The van der Waals surface area contributed by atoms with Crippen molar-refractivity contribution in [2.45, 2.75) is 167 Å². The number of unbranched alkanes of at least 4 members (excludes halogenated alkanes) is 3. The first kappa shape index (κ1) is 26.9. The molecule has 5 rings (SSSR count). The highest BCUT2D eigenvalue weighted by atomic mass is 19.1. The van der Waals surface area contributed by atoms with Crippen molar-refractivity contribution in [3.8, 4) is 0 Å². The maximum Gasteiger partial charge on any atom is 0.129 e. The minimum absolute atomic E-state index is 0.0355. The largest absolute Gasteiger partial charge is 0.369 e. The molecule has 0 amide bonds. The van der Waals surface area contributed by atoms with Crippen LogP contribution in [0.1, 0.15) is 143 Å². The number of fused-ring (bicyclic) bond motifs is 3. The van der Waals surface area contributed by atoms with E-state index in [1.807, 2.05) is 6.92 Å². The molecule has 0 heterocycles. The molecule has 0 aromatic carbocycles. The van der Waals surface area contributed by atoms with E-state index in [1.54, 1.807) is 0 Å². The van der Waals surface area contributed by atoms with Gasteiger partial charge in [0.05, 0.1) is 6.10 Å². The zero-order valence-electron chi connectivity index (χ0n) is 22.6. The quantitative estimate of drug-likeness (QED) is 0.267. The van der Waals surface area contributed by atoms with Crippen LogP contribution in [0.25, 0.3) is 0 Å². The SMILES string of the molecule is CCCCCCC(C)OC1C(F)CC(C2CCC(C34CCC(CCC)(CC3)CC4)CC2)CC1F. The Morgan fingerprint density at radius 3 is 1.94 bits per heavy atom. The van der Waals surface area contributed by atoms with Crippen LogP contribution in [-0.4, -0.2) is 24.6 Å². The van der Waals surface area contributed by atoms with Crippen molar-refractivity contribution in [1.29, 1.82) is 0 Å². The molecule has 5 aliphatic carbocycles. The summed E-state index contributed by atoms with van der Waals surface area (Å²) in [5.74, 6) is 1.63. The Balaban J connectivity index is 1.22. The molecule has 5 saturated carbocycles. The van der Waals surface area contributed by atoms with Gasteiger partial charge < -0.3 is 4.74 Å². The van der Waals surface area contributed by atoms with Crippen LogP contribution in [0, 0.1) is 28.6 Å². The maximum absolute atomic E-state index is 15.1. The highest BCUT2D eigenvalue weighted by Gasteiger charge is 2.52. The minimum Gasteiger partial charge on any atom is -0.369 e. The lowest BCUT2D eigenvalue weighted by Gasteiger charge is -2.58. The van der Waals surface area contributed by atoms with E-state index in [9.17, 15) is 0 Å². The lowest BCUT2D eigenvalue weighted by Crippen LogP contribution is -2.47. The predicted molar refractivity (Wildman–Crippen MR) is 139 cm³/mol. The van der Waals surface area contributed by atoms with E-state index in [0.717, 1.165) is 18.8 Å². The number of rotatable bonds is 11. The molecule has 0 aromatic heterocycles. The Bertz CT molecular complexity index is 576. The van der Waals surface area contributed by atoms with Crippen molar-refractivity contribution in [2.75, 3.05) is 0 Å². The van der Waals surface area contributed by atoms with Crippen molar-refractivity contribution in [2.24, 2.45) is 28.6 Å². The summed E-state index contributed by atoms with van der Waals surface area (Å²) in [7, 11) is 0. The van der Waals surface area contributed by atoms with Crippen LogP contribution in [0.15, 0.2) is 0 Å². The van der Waals surface area contributed by atoms with Gasteiger partial charge in [0.1, 0.15) is 18.4 Å². The lowest BCUT2D eigenvalue weighted by atomic mass is 9.47. The molecule has 0 spiro atoms. The van der Waals surface area contributed by atoms with Crippen molar-refractivity contribution < 1.29 is 13.5 Å². The summed E-state index contributed by atoms with van der Waals surface area (Å²) in [6, 6.07) is 0. The molecule has 5 aliphatic rings. The summed E-state index contributed by atoms with van der Waals surface area (Å²) < 4.78 is 36.2. The Kier molecular flexibility index (Phi) is 9.41. The smallest absolute Gasteiger partial charge is 0.129 e. The second-order valence-corrected chi connectivity index (χ2v) is 13.2. The summed E-state index contributed by atoms with van der Waals surface area (Å²) in [6.45, 7) is 6.56. The Labute approximate surface area is 209 Å². The summed E-state index contributed by atoms with van der Waals surface area (Å²) in [4.78, 5) is 0. The van der Waals surface area contributed by atoms with Crippen molar-refractivity contribution in [1.82, 2.24) is 0 Å². The van der Waals surface area contributed by atoms with Crippen LogP contribution in [-0.2, 0) is 4.74 Å². The second-order valence-electron chi connectivity index (χ2n) is 13.2. The molecular formula is C31H54F2O. The van der Waals surface area contributed by atoms with Gasteiger partial charge in [-0.15, -0.1) is 0 Å². The van der Waals surface area contributed by atoms with Crippen LogP contribution in [0.3, 0.4) is 0 Å². The number of halogens is 2. The van der Waals surface area contributed by atoms with Crippen LogP contribution >= 0.6 is 0 Å². The average Bonchev–Trinajstić information content (AvgIpc) is 2.85. The van der Waals surface area contributed by atoms with E-state index in [2.05, 4.69) is 13.8 Å². The van der Waals surface area contributed by atoms with Crippen molar-refractivity contribution in [3.63, 3.8) is 0 Å². The van der Waals surface area contributed by atoms with E-state index in [0.29, 0.717) is 29.6 Å². The van der Waals surface area contributed by atoms with Gasteiger partial charge in [0, 0.05) is 0 Å². The molecule has 0 aromatic rings. The third-order valence-corrected chi connectivity index (χ3v) is 11.2. The first-order valence-electron chi connectivity index (χ1n) is 15.3. The average molecular weight is 481 g/mol. The summed E-state index contributed by atoms with van der Waals surface area (Å²) >= 11 is 0. The van der Waals surface area contributed by atoms with Gasteiger partial charge in [-0.1, -0.05) is 46.0 Å². The van der Waals surface area contributed by atoms with Gasteiger partial charge in [-0.2, -0.15) is 0 Å². The normalized spacial score (nSPS) is 43.7. The molecule has 198 valence electrons. The molecule has 0 saturated heterocycles. The molecule has 3 atom stereocenters. The first-order valence-corrected chi connectivity index (χ1v) is 15.3. The molecule has 3 heteroatoms. The molecule has 5 fully saturated rings. The lowest BCUT2D eigenvalue weighted by molar-refractivity contribution is -0.119. The third kappa shape index (κ3) is 6.03. The van der Waals surface area contributed by atoms with Crippen LogP contribution in [0.5, 0.6) is 0 Å². The van der Waals surface area contributed by atoms with E-state index in [-0.39, 0.29) is 12.0 Å². The highest BCUT2D eigenvalue weighted by molar-refractivity contribution is 5.03. The van der Waals surface area contributed by atoms with Gasteiger partial charge in [0.2, 0.25) is 0 Å². The van der Waals surface area contributed by atoms with Gasteiger partial charge in [0.25, 0.3) is 0 Å². The fourth-order valence-electron chi connectivity index (χ4n) is 8.93. The number of ether oxygens (including phenoxy) is 1. The highest BCUT2D eigenvalue weighted by Crippen LogP contribution is 2.63. The molecule has 0 aliphatic heterocycles. The maximum atomic E-state index is 15.1. The van der Waals surface area contributed by atoms with Crippen molar-refractivity contribution >= 4 is 0 Å². The number of hydrogen-bond donors (Lipinski definition) is 0. The summed E-state index contributed by atoms with van der Waals surface area (Å²) in [6.07, 6.45) is 20.2. The molecule has 1 nitrogen and oxygen atoms in total. The van der Waals surface area contributed by atoms with Gasteiger partial charge in [0.15, 0.2) is 0 Å². The molecule has 0 N–H and O–H groups in total. The zero-order chi connectivity index (χ0) is 24.2. The fraction of sp³-hybridized carbons (Fsp3) is 1.00. The zero-order valence-corrected chi connectivity index (χ0v) is 22.6. The topological polar surface area (TPSA) is 9.23 Å². The van der Waals surface area contributed by atoms with Gasteiger partial charge in [-0.25, -0.2) is 8.78 Å². The van der Waals surface area contributed by atoms with Crippen LogP contribution in [0.2, 0.25) is 0 Å². The first-order chi connectivity index (χ1) is 16.4. The molecule has 2 bridgehead atoms. The third-order valence-electron chi connectivity index (χ3n) is 11.2. The van der Waals surface area contributed by atoms with Gasteiger partial charge in [-0.3, -0.25) is 0 Å². The fourth-order valence-corrected chi connectivity index (χ4v) is 8.93. The molecule has 3 unspecified atom stereocenters. The molecular weight excluding hydrogens is 426 g/mol. The number of alkyl halides is 2. The predicted octanol–water partition coefficient (Wildman–Crippen LogP) is 9.76. The molecule has 0 radical (unpaired) electrons. The van der Waals surface area contributed by atoms with E-state index < -0.39 is 18.4 Å². The van der Waals surface area contributed by atoms with Crippen molar-refractivity contribution in [3.05, 3.63) is 0 Å². The van der Waals surface area contributed by atoms with E-state index in [4.69, 9.17) is 4.74 Å². The van der Waals surface area contributed by atoms with Gasteiger partial charge in [-0.05, 0) is 125 Å². The monoisotopic (exact) mass is 480 g/mol. The number of hydrogen-bond acceptors (Lipinski definition) is 1. The molecule has 34 heavy (non-hydrogen) atoms. The Hall–Kier alpha value is -0.180.